The smallest absolute Gasteiger partial charge is 0.236 e. The van der Waals surface area contributed by atoms with Crippen LogP contribution < -0.4 is 0 Å². The summed E-state index contributed by atoms with van der Waals surface area (Å²) in [6.07, 6.45) is 0. The Morgan fingerprint density at radius 2 is 1.30 bits per heavy atom. The third kappa shape index (κ3) is 3.20. The first-order chi connectivity index (χ1) is 21.3. The molecule has 6 aromatic carbocycles. The van der Waals surface area contributed by atoms with Gasteiger partial charge >= 0.3 is 0 Å². The van der Waals surface area contributed by atoms with Crippen LogP contribution >= 0.6 is 11.3 Å². The van der Waals surface area contributed by atoms with Crippen molar-refractivity contribution in [3.05, 3.63) is 127 Å². The molecule has 0 aliphatic rings. The lowest BCUT2D eigenvalue weighted by atomic mass is 10.1. The van der Waals surface area contributed by atoms with Crippen molar-refractivity contribution < 1.29 is 4.42 Å². The van der Waals surface area contributed by atoms with Gasteiger partial charge in [-0.25, -0.2) is 9.97 Å². The highest BCUT2D eigenvalue weighted by Gasteiger charge is 2.22. The summed E-state index contributed by atoms with van der Waals surface area (Å²) in [6.45, 7) is 0. The maximum Gasteiger partial charge on any atom is 0.236 e. The summed E-state index contributed by atoms with van der Waals surface area (Å²) in [4.78, 5) is 10.6. The number of furan rings is 1. The van der Waals surface area contributed by atoms with Crippen molar-refractivity contribution in [1.82, 2.24) is 14.5 Å². The Morgan fingerprint density at radius 1 is 0.558 bits per heavy atom. The number of hydrogen-bond donors (Lipinski definition) is 0. The fourth-order valence-electron chi connectivity index (χ4n) is 6.70. The number of para-hydroxylation sites is 1. The van der Waals surface area contributed by atoms with Gasteiger partial charge in [0.2, 0.25) is 5.95 Å². The van der Waals surface area contributed by atoms with E-state index >= 15 is 0 Å². The molecule has 0 saturated carbocycles. The van der Waals surface area contributed by atoms with Crippen LogP contribution in [0.25, 0.3) is 92.0 Å². The number of rotatable bonds is 2. The molecule has 4 heterocycles. The fraction of sp³-hybridized carbons (Fsp3) is 0. The van der Waals surface area contributed by atoms with Gasteiger partial charge in [0.15, 0.2) is 5.58 Å². The van der Waals surface area contributed by atoms with Crippen molar-refractivity contribution >= 4 is 86.2 Å². The van der Waals surface area contributed by atoms with Crippen molar-refractivity contribution in [1.29, 1.82) is 0 Å². The first kappa shape index (κ1) is 23.1. The molecule has 0 amide bonds. The Morgan fingerprint density at radius 3 is 2.19 bits per heavy atom. The number of nitrogens with zero attached hydrogens (tertiary/aromatic N) is 3. The summed E-state index contributed by atoms with van der Waals surface area (Å²) >= 11 is 1.84. The number of fused-ring (bicyclic) bond motifs is 11. The average Bonchev–Trinajstić information content (AvgIpc) is 3.72. The van der Waals surface area contributed by atoms with Gasteiger partial charge < -0.3 is 4.42 Å². The second-order valence-corrected chi connectivity index (χ2v) is 12.1. The Hall–Kier alpha value is -5.52. The van der Waals surface area contributed by atoms with Crippen molar-refractivity contribution in [2.45, 2.75) is 0 Å². The molecule has 0 N–H and O–H groups in total. The predicted octanol–water partition coefficient (Wildman–Crippen LogP) is 10.7. The van der Waals surface area contributed by atoms with Gasteiger partial charge in [-0.3, -0.25) is 4.57 Å². The van der Waals surface area contributed by atoms with Gasteiger partial charge in [0.1, 0.15) is 16.8 Å². The summed E-state index contributed by atoms with van der Waals surface area (Å²) in [5, 5.41) is 8.28. The van der Waals surface area contributed by atoms with Crippen LogP contribution in [0.3, 0.4) is 0 Å². The van der Waals surface area contributed by atoms with Crippen LogP contribution in [0, 0.1) is 0 Å². The SMILES string of the molecule is c1ccc(-c2nc(-n3c4ccccc4c4c5c(ccc43)sc3ccccc35)nc3c2oc2cc4ccccc4cc23)cc1. The standard InChI is InChI=1S/C38H21N3OS/c1-2-10-22(11-3-1)35-37-36(27-20-23-12-4-5-13-24(23)21-30(27)42-37)40-38(39-35)41-28-16-8-6-14-25(28)33-29(41)18-19-32-34(33)26-15-7-9-17-31(26)43-32/h1-21H. The third-order valence-corrected chi connectivity index (χ3v) is 9.73. The monoisotopic (exact) mass is 567 g/mol. The van der Waals surface area contributed by atoms with Crippen LogP contribution in [0.2, 0.25) is 0 Å². The van der Waals surface area contributed by atoms with Crippen molar-refractivity contribution in [3.63, 3.8) is 0 Å². The van der Waals surface area contributed by atoms with E-state index in [-0.39, 0.29) is 0 Å². The van der Waals surface area contributed by atoms with E-state index < -0.39 is 0 Å². The second-order valence-electron chi connectivity index (χ2n) is 11.0. The quantitative estimate of drug-likeness (QED) is 0.209. The highest BCUT2D eigenvalue weighted by atomic mass is 32.1. The van der Waals surface area contributed by atoms with Gasteiger partial charge in [-0.15, -0.1) is 11.3 Å². The van der Waals surface area contributed by atoms with Crippen LogP contribution in [0.5, 0.6) is 0 Å². The minimum atomic E-state index is 0.632. The summed E-state index contributed by atoms with van der Waals surface area (Å²) < 4.78 is 11.4. The molecule has 43 heavy (non-hydrogen) atoms. The maximum absolute atomic E-state index is 6.56. The number of thiophene rings is 1. The van der Waals surface area contributed by atoms with Crippen molar-refractivity contribution in [2.75, 3.05) is 0 Å². The summed E-state index contributed by atoms with van der Waals surface area (Å²) in [5.41, 5.74) is 6.28. The molecule has 0 atom stereocenters. The lowest BCUT2D eigenvalue weighted by Crippen LogP contribution is -2.02. The van der Waals surface area contributed by atoms with E-state index in [2.05, 4.69) is 114 Å². The molecule has 10 rings (SSSR count). The molecule has 0 saturated heterocycles. The first-order valence-corrected chi connectivity index (χ1v) is 15.2. The third-order valence-electron chi connectivity index (χ3n) is 8.59. The van der Waals surface area contributed by atoms with Crippen LogP contribution in [0.15, 0.2) is 132 Å². The molecule has 10 aromatic rings. The summed E-state index contributed by atoms with van der Waals surface area (Å²) in [5.74, 6) is 0.632. The Bertz CT molecular complexity index is 2730. The van der Waals surface area contributed by atoms with E-state index in [4.69, 9.17) is 14.4 Å². The zero-order valence-electron chi connectivity index (χ0n) is 22.8. The van der Waals surface area contributed by atoms with Gasteiger partial charge in [0.05, 0.1) is 11.0 Å². The molecule has 0 spiro atoms. The van der Waals surface area contributed by atoms with Crippen LogP contribution in [0.1, 0.15) is 0 Å². The minimum Gasteiger partial charge on any atom is -0.452 e. The lowest BCUT2D eigenvalue weighted by Gasteiger charge is -2.09. The maximum atomic E-state index is 6.56. The Kier molecular flexibility index (Phi) is 4.57. The Balaban J connectivity index is 1.38. The van der Waals surface area contributed by atoms with Crippen molar-refractivity contribution in [3.8, 4) is 17.2 Å². The molecule has 4 aromatic heterocycles. The molecule has 4 nitrogen and oxygen atoms in total. The molecule has 0 radical (unpaired) electrons. The number of aromatic nitrogens is 3. The second kappa shape index (κ2) is 8.51. The molecular formula is C38H21N3OS. The van der Waals surface area contributed by atoms with E-state index in [9.17, 15) is 0 Å². The van der Waals surface area contributed by atoms with E-state index in [0.717, 1.165) is 49.5 Å². The molecule has 200 valence electrons. The lowest BCUT2D eigenvalue weighted by molar-refractivity contribution is 0.667. The summed E-state index contributed by atoms with van der Waals surface area (Å²) in [6, 6.07) is 44.7. The highest BCUT2D eigenvalue weighted by Crippen LogP contribution is 2.44. The predicted molar refractivity (Wildman–Crippen MR) is 179 cm³/mol. The van der Waals surface area contributed by atoms with Gasteiger partial charge in [-0.1, -0.05) is 91.0 Å². The molecule has 0 bridgehead atoms. The van der Waals surface area contributed by atoms with E-state index in [1.807, 2.05) is 29.5 Å². The summed E-state index contributed by atoms with van der Waals surface area (Å²) in [7, 11) is 0. The number of benzene rings is 6. The van der Waals surface area contributed by atoms with Gasteiger partial charge in [-0.2, -0.15) is 0 Å². The normalized spacial score (nSPS) is 12.2. The Labute approximate surface area is 249 Å². The van der Waals surface area contributed by atoms with Crippen LogP contribution in [-0.4, -0.2) is 14.5 Å². The van der Waals surface area contributed by atoms with Gasteiger partial charge in [0.25, 0.3) is 0 Å². The zero-order valence-corrected chi connectivity index (χ0v) is 23.6. The average molecular weight is 568 g/mol. The topological polar surface area (TPSA) is 43.9 Å². The van der Waals surface area contributed by atoms with E-state index in [1.54, 1.807) is 0 Å². The van der Waals surface area contributed by atoms with Gasteiger partial charge in [0, 0.05) is 41.9 Å². The molecule has 5 heteroatoms. The zero-order chi connectivity index (χ0) is 28.1. The fourth-order valence-corrected chi connectivity index (χ4v) is 7.81. The minimum absolute atomic E-state index is 0.632. The van der Waals surface area contributed by atoms with Crippen LogP contribution in [-0.2, 0) is 0 Å². The van der Waals surface area contributed by atoms with E-state index in [0.29, 0.717) is 11.5 Å². The molecule has 0 fully saturated rings. The molecule has 0 aliphatic heterocycles. The van der Waals surface area contributed by atoms with Crippen LogP contribution in [0.4, 0.5) is 0 Å². The highest BCUT2D eigenvalue weighted by molar-refractivity contribution is 7.26. The molecule has 0 aliphatic carbocycles. The van der Waals surface area contributed by atoms with Crippen molar-refractivity contribution in [2.24, 2.45) is 0 Å². The number of hydrogen-bond acceptors (Lipinski definition) is 4. The largest absolute Gasteiger partial charge is 0.452 e. The first-order valence-electron chi connectivity index (χ1n) is 14.3. The van der Waals surface area contributed by atoms with E-state index in [1.165, 1.54) is 30.9 Å². The molecule has 0 unspecified atom stereocenters. The van der Waals surface area contributed by atoms with Gasteiger partial charge in [-0.05, 0) is 47.2 Å². The molecular weight excluding hydrogens is 547 g/mol.